The second-order valence-corrected chi connectivity index (χ2v) is 8.40. The fourth-order valence-corrected chi connectivity index (χ4v) is 4.30. The molecule has 0 amide bonds. The van der Waals surface area contributed by atoms with E-state index in [0.717, 1.165) is 16.6 Å². The molecule has 1 aliphatic rings. The first-order valence-corrected chi connectivity index (χ1v) is 9.52. The van der Waals surface area contributed by atoms with E-state index < -0.39 is 5.54 Å². The summed E-state index contributed by atoms with van der Waals surface area (Å²) in [5.41, 5.74) is 1.49. The van der Waals surface area contributed by atoms with E-state index in [-0.39, 0.29) is 0 Å². The summed E-state index contributed by atoms with van der Waals surface area (Å²) in [5, 5.41) is 4.99. The Morgan fingerprint density at radius 3 is 2.25 bits per heavy atom. The minimum absolute atomic E-state index is 0.449. The molecule has 7 heteroatoms. The molecule has 3 rings (SSSR count). The lowest BCUT2D eigenvalue weighted by molar-refractivity contribution is 0.579. The van der Waals surface area contributed by atoms with Crippen molar-refractivity contribution < 1.29 is 0 Å². The van der Waals surface area contributed by atoms with Crippen LogP contribution in [0.25, 0.3) is 0 Å². The Balaban J connectivity index is 1.91. The molecule has 0 aromatic heterocycles. The molecular formula is C17H13BrCl2N2S2. The predicted octanol–water partition coefficient (Wildman–Crippen LogP) is 5.78. The van der Waals surface area contributed by atoms with E-state index in [1.54, 1.807) is 18.2 Å². The van der Waals surface area contributed by atoms with Gasteiger partial charge in [-0.15, -0.1) is 0 Å². The van der Waals surface area contributed by atoms with Gasteiger partial charge in [0.25, 0.3) is 0 Å². The van der Waals surface area contributed by atoms with Gasteiger partial charge in [-0.05, 0) is 55.0 Å². The Morgan fingerprint density at radius 1 is 1.08 bits per heavy atom. The zero-order chi connectivity index (χ0) is 17.5. The van der Waals surface area contributed by atoms with E-state index in [2.05, 4.69) is 40.3 Å². The van der Waals surface area contributed by atoms with E-state index in [9.17, 15) is 0 Å². The molecule has 124 valence electrons. The smallest absolute Gasteiger partial charge is 0.179 e. The molecule has 2 aromatic carbocycles. The molecular weight excluding hydrogens is 447 g/mol. The lowest BCUT2D eigenvalue weighted by Crippen LogP contribution is -2.45. The average molecular weight is 460 g/mol. The first-order chi connectivity index (χ1) is 11.3. The Labute approximate surface area is 170 Å². The Morgan fingerprint density at radius 2 is 1.67 bits per heavy atom. The van der Waals surface area contributed by atoms with Crippen LogP contribution in [0.1, 0.15) is 12.5 Å². The summed E-state index contributed by atoms with van der Waals surface area (Å²) in [5.74, 6) is 0. The van der Waals surface area contributed by atoms with E-state index in [1.807, 2.05) is 17.0 Å². The number of hydrogen-bond donors (Lipinski definition) is 1. The summed E-state index contributed by atoms with van der Waals surface area (Å²) < 4.78 is 1.05. The lowest BCUT2D eigenvalue weighted by atomic mass is 9.93. The van der Waals surface area contributed by atoms with Crippen molar-refractivity contribution in [1.82, 2.24) is 5.32 Å². The van der Waals surface area contributed by atoms with Crippen LogP contribution >= 0.6 is 63.6 Å². The van der Waals surface area contributed by atoms with Crippen LogP contribution in [0.5, 0.6) is 0 Å². The molecule has 1 saturated heterocycles. The number of nitrogens with one attached hydrogen (secondary N) is 1. The van der Waals surface area contributed by atoms with Crippen molar-refractivity contribution in [3.63, 3.8) is 0 Å². The summed E-state index contributed by atoms with van der Waals surface area (Å²) in [6.45, 7) is 2.05. The Bertz CT molecular complexity index is 806. The highest BCUT2D eigenvalue weighted by Crippen LogP contribution is 2.32. The molecule has 0 bridgehead atoms. The van der Waals surface area contributed by atoms with E-state index in [1.165, 1.54) is 5.56 Å². The van der Waals surface area contributed by atoms with Gasteiger partial charge in [-0.1, -0.05) is 63.5 Å². The fraction of sp³-hybridized carbons (Fsp3) is 0.176. The number of nitrogens with zero attached hydrogens (tertiary/aromatic N) is 1. The van der Waals surface area contributed by atoms with Crippen LogP contribution in [-0.4, -0.2) is 15.6 Å². The molecule has 1 N–H and O–H groups in total. The van der Waals surface area contributed by atoms with Gasteiger partial charge in [-0.3, -0.25) is 4.90 Å². The van der Waals surface area contributed by atoms with Crippen molar-refractivity contribution in [2.24, 2.45) is 0 Å². The lowest BCUT2D eigenvalue weighted by Gasteiger charge is -2.25. The van der Waals surface area contributed by atoms with Crippen LogP contribution in [-0.2, 0) is 6.42 Å². The quantitative estimate of drug-likeness (QED) is 0.585. The standard InChI is InChI=1S/C17H13BrCl2N2S2/c1-17(9-10-2-4-11(18)5-3-10)15(23)22(16(24)21-17)14-7-12(19)6-13(20)8-14/h2-8H,9H2,1H3,(H,21,24). The third kappa shape index (κ3) is 3.60. The third-order valence-corrected chi connectivity index (χ3v) is 5.72. The highest BCUT2D eigenvalue weighted by molar-refractivity contribution is 9.10. The Kier molecular flexibility index (Phi) is 5.19. The van der Waals surface area contributed by atoms with Gasteiger partial charge in [0.1, 0.15) is 4.99 Å². The SMILES string of the molecule is CC1(Cc2ccc(Br)cc2)NC(=S)N(c2cc(Cl)cc(Cl)c2)C1=S. The van der Waals surface area contributed by atoms with Gasteiger partial charge in [0, 0.05) is 20.9 Å². The normalized spacial score (nSPS) is 20.4. The van der Waals surface area contributed by atoms with Crippen molar-refractivity contribution in [2.75, 3.05) is 4.90 Å². The maximum Gasteiger partial charge on any atom is 0.179 e. The molecule has 2 nitrogen and oxygen atoms in total. The molecule has 1 heterocycles. The highest BCUT2D eigenvalue weighted by Gasteiger charge is 2.43. The molecule has 1 aliphatic heterocycles. The number of anilines is 1. The molecule has 2 aromatic rings. The Hall–Kier alpha value is -0.720. The second kappa shape index (κ2) is 6.89. The summed E-state index contributed by atoms with van der Waals surface area (Å²) >= 11 is 26.9. The number of hydrogen-bond acceptors (Lipinski definition) is 2. The zero-order valence-electron chi connectivity index (χ0n) is 12.6. The van der Waals surface area contributed by atoms with Crippen LogP contribution in [0.3, 0.4) is 0 Å². The minimum Gasteiger partial charge on any atom is -0.350 e. The van der Waals surface area contributed by atoms with Crippen LogP contribution in [0.2, 0.25) is 10.0 Å². The predicted molar refractivity (Wildman–Crippen MR) is 114 cm³/mol. The largest absolute Gasteiger partial charge is 0.350 e. The average Bonchev–Trinajstić information content (AvgIpc) is 2.70. The zero-order valence-corrected chi connectivity index (χ0v) is 17.4. The van der Waals surface area contributed by atoms with Gasteiger partial charge in [0.2, 0.25) is 0 Å². The maximum atomic E-state index is 6.12. The molecule has 1 atom stereocenters. The first-order valence-electron chi connectivity index (χ1n) is 7.16. The molecule has 24 heavy (non-hydrogen) atoms. The maximum absolute atomic E-state index is 6.12. The van der Waals surface area contributed by atoms with Crippen LogP contribution in [0, 0.1) is 0 Å². The fourth-order valence-electron chi connectivity index (χ4n) is 2.72. The third-order valence-electron chi connectivity index (χ3n) is 3.84. The molecule has 0 saturated carbocycles. The van der Waals surface area contributed by atoms with Gasteiger partial charge in [0.15, 0.2) is 5.11 Å². The summed E-state index contributed by atoms with van der Waals surface area (Å²) in [4.78, 5) is 2.52. The number of rotatable bonds is 3. The number of benzene rings is 2. The summed E-state index contributed by atoms with van der Waals surface area (Å²) in [6.07, 6.45) is 0.726. The van der Waals surface area contributed by atoms with Crippen molar-refractivity contribution >= 4 is 79.4 Å². The van der Waals surface area contributed by atoms with Gasteiger partial charge in [0.05, 0.1) is 11.2 Å². The van der Waals surface area contributed by atoms with Crippen molar-refractivity contribution in [3.8, 4) is 0 Å². The number of halogens is 3. The van der Waals surface area contributed by atoms with E-state index in [0.29, 0.717) is 20.1 Å². The highest BCUT2D eigenvalue weighted by atomic mass is 79.9. The monoisotopic (exact) mass is 458 g/mol. The molecule has 0 spiro atoms. The molecule has 1 unspecified atom stereocenters. The minimum atomic E-state index is -0.449. The van der Waals surface area contributed by atoms with E-state index in [4.69, 9.17) is 47.6 Å². The summed E-state index contributed by atoms with van der Waals surface area (Å²) in [7, 11) is 0. The molecule has 1 fully saturated rings. The van der Waals surface area contributed by atoms with Crippen molar-refractivity contribution in [3.05, 3.63) is 62.5 Å². The van der Waals surface area contributed by atoms with E-state index >= 15 is 0 Å². The van der Waals surface area contributed by atoms with Crippen LogP contribution < -0.4 is 10.2 Å². The van der Waals surface area contributed by atoms with Crippen molar-refractivity contribution in [1.29, 1.82) is 0 Å². The molecule has 0 aliphatic carbocycles. The van der Waals surface area contributed by atoms with Crippen LogP contribution in [0.15, 0.2) is 46.9 Å². The second-order valence-electron chi connectivity index (χ2n) is 5.83. The summed E-state index contributed by atoms with van der Waals surface area (Å²) in [6, 6.07) is 13.5. The van der Waals surface area contributed by atoms with Gasteiger partial charge < -0.3 is 5.32 Å². The van der Waals surface area contributed by atoms with Gasteiger partial charge in [-0.2, -0.15) is 0 Å². The van der Waals surface area contributed by atoms with Crippen molar-refractivity contribution in [2.45, 2.75) is 18.9 Å². The van der Waals surface area contributed by atoms with Gasteiger partial charge >= 0.3 is 0 Å². The van der Waals surface area contributed by atoms with Crippen LogP contribution in [0.4, 0.5) is 5.69 Å². The van der Waals surface area contributed by atoms with Gasteiger partial charge in [-0.25, -0.2) is 0 Å². The first kappa shape index (κ1) is 18.1. The topological polar surface area (TPSA) is 15.3 Å². The molecule has 0 radical (unpaired) electrons. The number of thiocarbonyl (C=S) groups is 2.